The Morgan fingerprint density at radius 2 is 1.80 bits per heavy atom. The molecule has 0 heterocycles. The summed E-state index contributed by atoms with van der Waals surface area (Å²) in [6, 6.07) is 6.02. The molecule has 0 atom stereocenters. The van der Waals surface area contributed by atoms with E-state index >= 15 is 0 Å². The number of carbonyl (C=O) groups is 1. The Balaban J connectivity index is 2.59. The van der Waals surface area contributed by atoms with Gasteiger partial charge >= 0.3 is 12.1 Å². The Bertz CT molecular complexity index is 1110. The molecule has 0 aliphatic rings. The number of carboxylic acid groups (broad SMARTS) is 1. The smallest absolute Gasteiger partial charge is 0.416 e. The van der Waals surface area contributed by atoms with Gasteiger partial charge in [0, 0.05) is 26.6 Å². The summed E-state index contributed by atoms with van der Waals surface area (Å²) in [7, 11) is -0.496. The first-order chi connectivity index (χ1) is 13.7. The zero-order chi connectivity index (χ0) is 22.9. The first-order valence-corrected chi connectivity index (χ1v) is 10.5. The molecule has 30 heavy (non-hydrogen) atoms. The number of sulfone groups is 1. The highest BCUT2D eigenvalue weighted by Crippen LogP contribution is 2.37. The third-order valence-electron chi connectivity index (χ3n) is 3.72. The monoisotopic (exact) mass is 463 g/mol. The molecule has 0 aliphatic carbocycles. The van der Waals surface area contributed by atoms with E-state index in [1.165, 1.54) is 31.1 Å². The van der Waals surface area contributed by atoms with Crippen LogP contribution in [0.25, 0.3) is 5.57 Å². The summed E-state index contributed by atoms with van der Waals surface area (Å²) in [5.74, 6) is -1.84. The normalized spacial score (nSPS) is 12.6. The van der Waals surface area contributed by atoms with Gasteiger partial charge in [-0.2, -0.15) is 13.2 Å². The number of benzene rings is 2. The Labute approximate surface area is 176 Å². The Hall–Kier alpha value is -2.72. The summed E-state index contributed by atoms with van der Waals surface area (Å²) < 4.78 is 68.7. The van der Waals surface area contributed by atoms with Crippen LogP contribution in [0.1, 0.15) is 11.1 Å². The molecular formula is C19H17ClF3NO5S. The van der Waals surface area contributed by atoms with Gasteiger partial charge in [-0.05, 0) is 42.0 Å². The minimum Gasteiger partial charge on any atom is -0.478 e. The molecule has 0 saturated carbocycles. The first kappa shape index (κ1) is 23.6. The van der Waals surface area contributed by atoms with Crippen LogP contribution < -0.4 is 4.74 Å². The highest BCUT2D eigenvalue weighted by Gasteiger charge is 2.32. The van der Waals surface area contributed by atoms with Crippen molar-refractivity contribution < 1.29 is 36.2 Å². The van der Waals surface area contributed by atoms with E-state index in [1.807, 2.05) is 0 Å². The maximum absolute atomic E-state index is 13.4. The Kier molecular flexibility index (Phi) is 6.73. The van der Waals surface area contributed by atoms with Gasteiger partial charge in [0.25, 0.3) is 0 Å². The van der Waals surface area contributed by atoms with Crippen LogP contribution in [-0.4, -0.2) is 44.7 Å². The number of carboxylic acids is 1. The van der Waals surface area contributed by atoms with E-state index in [1.54, 1.807) is 0 Å². The van der Waals surface area contributed by atoms with Gasteiger partial charge in [0.05, 0.1) is 21.1 Å². The molecule has 0 radical (unpaired) electrons. The van der Waals surface area contributed by atoms with E-state index in [9.17, 15) is 31.5 Å². The molecule has 11 heteroatoms. The van der Waals surface area contributed by atoms with Gasteiger partial charge in [-0.3, -0.25) is 0 Å². The number of hydrogen-bond acceptors (Lipinski definition) is 5. The number of nitrogens with zero attached hydrogens (tertiary/aromatic N) is 1. The number of halogens is 4. The fraction of sp³-hybridized carbons (Fsp3) is 0.211. The molecule has 0 aliphatic heterocycles. The van der Waals surface area contributed by atoms with E-state index in [-0.39, 0.29) is 32.6 Å². The zero-order valence-corrected chi connectivity index (χ0v) is 17.6. The van der Waals surface area contributed by atoms with Crippen LogP contribution in [0.5, 0.6) is 11.5 Å². The van der Waals surface area contributed by atoms with Crippen molar-refractivity contribution in [2.24, 2.45) is 0 Å². The van der Waals surface area contributed by atoms with Crippen molar-refractivity contribution in [2.45, 2.75) is 11.1 Å². The molecule has 0 amide bonds. The highest BCUT2D eigenvalue weighted by atomic mass is 35.5. The van der Waals surface area contributed by atoms with Gasteiger partial charge in [0.2, 0.25) is 0 Å². The van der Waals surface area contributed by atoms with Gasteiger partial charge in [0.1, 0.15) is 11.5 Å². The minimum absolute atomic E-state index is 0.0911. The lowest BCUT2D eigenvalue weighted by molar-refractivity contribution is -0.137. The standard InChI is InChI=1S/C19H17ClF3NO5S/c1-24(2)10-15(18(25)26)11-6-12(19(21,22)23)8-13(7-11)29-17-5-4-14(9-16(17)20)30(3,27)28/h4-10H,1-3H3,(H,25,26)/b15-10-. The topological polar surface area (TPSA) is 83.9 Å². The van der Waals surface area contributed by atoms with Crippen LogP contribution in [0.3, 0.4) is 0 Å². The molecule has 162 valence electrons. The Morgan fingerprint density at radius 1 is 1.17 bits per heavy atom. The molecule has 6 nitrogen and oxygen atoms in total. The number of aliphatic carboxylic acids is 1. The fourth-order valence-electron chi connectivity index (χ4n) is 2.41. The van der Waals surface area contributed by atoms with Crippen LogP contribution in [0, 0.1) is 0 Å². The molecule has 1 N–H and O–H groups in total. The van der Waals surface area contributed by atoms with Gasteiger partial charge in [-0.1, -0.05) is 11.6 Å². The maximum Gasteiger partial charge on any atom is 0.416 e. The summed E-state index contributed by atoms with van der Waals surface area (Å²) in [4.78, 5) is 12.8. The molecule has 0 unspecified atom stereocenters. The fourth-order valence-corrected chi connectivity index (χ4v) is 3.34. The van der Waals surface area contributed by atoms with E-state index in [2.05, 4.69) is 0 Å². The maximum atomic E-state index is 13.4. The number of ether oxygens (including phenoxy) is 1. The van der Waals surface area contributed by atoms with Crippen molar-refractivity contribution in [3.63, 3.8) is 0 Å². The van der Waals surface area contributed by atoms with E-state index in [0.29, 0.717) is 12.1 Å². The number of hydrogen-bond donors (Lipinski definition) is 1. The van der Waals surface area contributed by atoms with Crippen molar-refractivity contribution in [2.75, 3.05) is 20.4 Å². The van der Waals surface area contributed by atoms with Gasteiger partial charge < -0.3 is 14.7 Å². The molecule has 0 spiro atoms. The SMILES string of the molecule is CN(C)/C=C(\C(=O)O)c1cc(Oc2ccc(S(C)(=O)=O)cc2Cl)cc(C(F)(F)F)c1. The molecule has 2 aromatic carbocycles. The molecule has 0 bridgehead atoms. The molecule has 0 saturated heterocycles. The third-order valence-corrected chi connectivity index (χ3v) is 5.13. The predicted molar refractivity (Wildman–Crippen MR) is 105 cm³/mol. The minimum atomic E-state index is -4.76. The van der Waals surface area contributed by atoms with E-state index in [4.69, 9.17) is 16.3 Å². The summed E-state index contributed by atoms with van der Waals surface area (Å²) in [6.45, 7) is 0. The van der Waals surface area contributed by atoms with Gasteiger partial charge in [-0.15, -0.1) is 0 Å². The van der Waals surface area contributed by atoms with Crippen LogP contribution in [-0.2, 0) is 20.8 Å². The third kappa shape index (κ3) is 5.90. The van der Waals surface area contributed by atoms with Crippen molar-refractivity contribution in [3.8, 4) is 11.5 Å². The van der Waals surface area contributed by atoms with Crippen LogP contribution in [0.2, 0.25) is 5.02 Å². The summed E-state index contributed by atoms with van der Waals surface area (Å²) in [5, 5.41) is 9.27. The average molecular weight is 464 g/mol. The molecule has 0 fully saturated rings. The van der Waals surface area contributed by atoms with Crippen molar-refractivity contribution in [1.29, 1.82) is 0 Å². The highest BCUT2D eigenvalue weighted by molar-refractivity contribution is 7.90. The number of alkyl halides is 3. The summed E-state index contributed by atoms with van der Waals surface area (Å²) in [6.07, 6.45) is -2.63. The van der Waals surface area contributed by atoms with Gasteiger partial charge in [-0.25, -0.2) is 13.2 Å². The molecular weight excluding hydrogens is 447 g/mol. The average Bonchev–Trinajstić information content (AvgIpc) is 2.59. The van der Waals surface area contributed by atoms with Crippen molar-refractivity contribution in [3.05, 3.63) is 58.7 Å². The molecule has 2 rings (SSSR count). The van der Waals surface area contributed by atoms with Crippen molar-refractivity contribution in [1.82, 2.24) is 4.90 Å². The van der Waals surface area contributed by atoms with Crippen LogP contribution in [0.4, 0.5) is 13.2 Å². The lowest BCUT2D eigenvalue weighted by Gasteiger charge is -2.15. The second-order valence-corrected chi connectivity index (χ2v) is 8.94. The molecule has 0 aromatic heterocycles. The van der Waals surface area contributed by atoms with Crippen LogP contribution >= 0.6 is 11.6 Å². The summed E-state index contributed by atoms with van der Waals surface area (Å²) in [5.41, 5.74) is -1.73. The summed E-state index contributed by atoms with van der Waals surface area (Å²) >= 11 is 6.01. The van der Waals surface area contributed by atoms with Crippen molar-refractivity contribution >= 4 is 33.0 Å². The quantitative estimate of drug-likeness (QED) is 0.633. The van der Waals surface area contributed by atoms with E-state index in [0.717, 1.165) is 24.6 Å². The molecule has 2 aromatic rings. The van der Waals surface area contributed by atoms with E-state index < -0.39 is 27.5 Å². The van der Waals surface area contributed by atoms with Crippen LogP contribution in [0.15, 0.2) is 47.5 Å². The lowest BCUT2D eigenvalue weighted by Crippen LogP contribution is -2.10. The first-order valence-electron chi connectivity index (χ1n) is 8.20. The van der Waals surface area contributed by atoms with Gasteiger partial charge in [0.15, 0.2) is 9.84 Å². The lowest BCUT2D eigenvalue weighted by atomic mass is 10.0. The largest absolute Gasteiger partial charge is 0.478 e. The number of rotatable bonds is 6. The second kappa shape index (κ2) is 8.57. The second-order valence-electron chi connectivity index (χ2n) is 6.52. The zero-order valence-electron chi connectivity index (χ0n) is 16.0. The Morgan fingerprint density at radius 3 is 2.27 bits per heavy atom. The predicted octanol–water partition coefficient (Wildman–Crippen LogP) is 4.54.